The van der Waals surface area contributed by atoms with Gasteiger partial charge in [0.05, 0.1) is 6.20 Å². The molecule has 6 heteroatoms. The average Bonchev–Trinajstić information content (AvgIpc) is 2.74. The van der Waals surface area contributed by atoms with Crippen LogP contribution in [0.15, 0.2) is 18.5 Å². The molecule has 0 unspecified atom stereocenters. The molecule has 2 N–H and O–H groups in total. The van der Waals surface area contributed by atoms with Crippen molar-refractivity contribution in [2.45, 2.75) is 6.92 Å². The number of hydrogen-bond donors (Lipinski definition) is 1. The summed E-state index contributed by atoms with van der Waals surface area (Å²) in [5.74, 6) is 0.762. The number of rotatable bonds is 2. The molecular weight excluding hydrogens is 210 g/mol. The Morgan fingerprint density at radius 2 is 2.27 bits per heavy atom. The molecule has 0 atom stereocenters. The average molecular weight is 221 g/mol. The molecule has 0 bridgehead atoms. The molecule has 2 rings (SSSR count). The van der Waals surface area contributed by atoms with Crippen LogP contribution in [-0.4, -0.2) is 24.5 Å². The molecule has 0 spiro atoms. The van der Waals surface area contributed by atoms with Crippen LogP contribution < -0.4 is 5.73 Å². The van der Waals surface area contributed by atoms with Crippen LogP contribution in [0.2, 0.25) is 0 Å². The minimum absolute atomic E-state index is 0.342. The standard InChI is InChI=1S/C9H11N5S/c1-6-3-8(12-13(6)2)14-5-7(4-11-14)9(10)15/h3-5H,1-2H3,(H2,10,15). The van der Waals surface area contributed by atoms with Gasteiger partial charge in [-0.05, 0) is 6.92 Å². The summed E-state index contributed by atoms with van der Waals surface area (Å²) in [4.78, 5) is 0.342. The Morgan fingerprint density at radius 3 is 2.73 bits per heavy atom. The second kappa shape index (κ2) is 3.47. The minimum atomic E-state index is 0.342. The Labute approximate surface area is 92.5 Å². The van der Waals surface area contributed by atoms with Crippen LogP contribution in [-0.2, 0) is 7.05 Å². The van der Waals surface area contributed by atoms with Gasteiger partial charge in [-0.3, -0.25) is 4.68 Å². The fourth-order valence-electron chi connectivity index (χ4n) is 1.23. The predicted octanol–water partition coefficient (Wildman–Crippen LogP) is 0.548. The van der Waals surface area contributed by atoms with E-state index in [1.165, 1.54) is 0 Å². The van der Waals surface area contributed by atoms with Gasteiger partial charge >= 0.3 is 0 Å². The Bertz CT molecular complexity index is 491. The van der Waals surface area contributed by atoms with Crippen LogP contribution in [0.1, 0.15) is 11.3 Å². The van der Waals surface area contributed by atoms with E-state index in [1.54, 1.807) is 21.8 Å². The van der Waals surface area contributed by atoms with Crippen LogP contribution in [0.3, 0.4) is 0 Å². The van der Waals surface area contributed by atoms with Crippen molar-refractivity contribution in [2.24, 2.45) is 12.8 Å². The minimum Gasteiger partial charge on any atom is -0.389 e. The second-order valence-corrected chi connectivity index (χ2v) is 3.75. The smallest absolute Gasteiger partial charge is 0.175 e. The molecule has 2 aromatic rings. The highest BCUT2D eigenvalue weighted by atomic mass is 32.1. The molecule has 0 amide bonds. The third-order valence-corrected chi connectivity index (χ3v) is 2.44. The summed E-state index contributed by atoms with van der Waals surface area (Å²) in [5.41, 5.74) is 7.30. The molecule has 2 heterocycles. The third kappa shape index (κ3) is 1.75. The quantitative estimate of drug-likeness (QED) is 0.752. The lowest BCUT2D eigenvalue weighted by Crippen LogP contribution is -2.07. The van der Waals surface area contributed by atoms with E-state index in [2.05, 4.69) is 10.2 Å². The second-order valence-electron chi connectivity index (χ2n) is 3.31. The number of nitrogens with two attached hydrogens (primary N) is 1. The van der Waals surface area contributed by atoms with Gasteiger partial charge in [0.15, 0.2) is 5.82 Å². The van der Waals surface area contributed by atoms with E-state index in [1.807, 2.05) is 20.0 Å². The Morgan fingerprint density at radius 1 is 1.53 bits per heavy atom. The highest BCUT2D eigenvalue weighted by Crippen LogP contribution is 2.08. The van der Waals surface area contributed by atoms with Gasteiger partial charge < -0.3 is 5.73 Å². The van der Waals surface area contributed by atoms with Gasteiger partial charge in [-0.15, -0.1) is 0 Å². The fraction of sp³-hybridized carbons (Fsp3) is 0.222. The molecule has 0 aliphatic rings. The van der Waals surface area contributed by atoms with E-state index >= 15 is 0 Å². The molecule has 15 heavy (non-hydrogen) atoms. The van der Waals surface area contributed by atoms with E-state index in [0.717, 1.165) is 17.1 Å². The zero-order valence-electron chi connectivity index (χ0n) is 8.51. The Hall–Kier alpha value is -1.69. The topological polar surface area (TPSA) is 61.7 Å². The molecule has 0 radical (unpaired) electrons. The molecule has 78 valence electrons. The molecule has 0 fully saturated rings. The number of thiocarbonyl (C=S) groups is 1. The van der Waals surface area contributed by atoms with E-state index in [-0.39, 0.29) is 0 Å². The van der Waals surface area contributed by atoms with Crippen LogP contribution in [0.4, 0.5) is 0 Å². The first-order valence-corrected chi connectivity index (χ1v) is 4.84. The van der Waals surface area contributed by atoms with Gasteiger partial charge in [-0.1, -0.05) is 12.2 Å². The first-order valence-electron chi connectivity index (χ1n) is 4.43. The maximum Gasteiger partial charge on any atom is 0.175 e. The number of hydrogen-bond acceptors (Lipinski definition) is 3. The van der Waals surface area contributed by atoms with Gasteiger partial charge in [-0.2, -0.15) is 10.2 Å². The van der Waals surface area contributed by atoms with Gasteiger partial charge in [0.2, 0.25) is 0 Å². The van der Waals surface area contributed by atoms with Crippen molar-refractivity contribution < 1.29 is 0 Å². The van der Waals surface area contributed by atoms with Gasteiger partial charge in [-0.25, -0.2) is 4.68 Å². The Kier molecular flexibility index (Phi) is 2.28. The highest BCUT2D eigenvalue weighted by molar-refractivity contribution is 7.80. The number of nitrogens with zero attached hydrogens (tertiary/aromatic N) is 4. The maximum absolute atomic E-state index is 5.49. The van der Waals surface area contributed by atoms with Crippen molar-refractivity contribution in [3.8, 4) is 5.82 Å². The molecule has 0 aliphatic carbocycles. The first-order chi connectivity index (χ1) is 7.08. The highest BCUT2D eigenvalue weighted by Gasteiger charge is 2.06. The van der Waals surface area contributed by atoms with Crippen LogP contribution in [0, 0.1) is 6.92 Å². The van der Waals surface area contributed by atoms with Crippen molar-refractivity contribution in [3.63, 3.8) is 0 Å². The summed E-state index contributed by atoms with van der Waals surface area (Å²) in [6, 6.07) is 1.94. The van der Waals surface area contributed by atoms with Crippen LogP contribution in [0.5, 0.6) is 0 Å². The molecule has 5 nitrogen and oxygen atoms in total. The van der Waals surface area contributed by atoms with Crippen molar-refractivity contribution in [3.05, 3.63) is 29.7 Å². The van der Waals surface area contributed by atoms with Crippen molar-refractivity contribution in [1.29, 1.82) is 0 Å². The monoisotopic (exact) mass is 221 g/mol. The van der Waals surface area contributed by atoms with Crippen molar-refractivity contribution >= 4 is 17.2 Å². The lowest BCUT2D eigenvalue weighted by molar-refractivity contribution is 0.713. The molecule has 0 aromatic carbocycles. The van der Waals surface area contributed by atoms with Crippen molar-refractivity contribution in [2.75, 3.05) is 0 Å². The largest absolute Gasteiger partial charge is 0.389 e. The van der Waals surface area contributed by atoms with E-state index in [0.29, 0.717) is 4.99 Å². The lowest BCUT2D eigenvalue weighted by atomic mass is 10.4. The zero-order chi connectivity index (χ0) is 11.0. The SMILES string of the molecule is Cc1cc(-n2cc(C(N)=S)cn2)nn1C. The lowest BCUT2D eigenvalue weighted by Gasteiger charge is -1.93. The van der Waals surface area contributed by atoms with Gasteiger partial charge in [0.25, 0.3) is 0 Å². The zero-order valence-corrected chi connectivity index (χ0v) is 9.32. The molecule has 0 saturated carbocycles. The van der Waals surface area contributed by atoms with Gasteiger partial charge in [0, 0.05) is 30.6 Å². The summed E-state index contributed by atoms with van der Waals surface area (Å²) < 4.78 is 3.44. The van der Waals surface area contributed by atoms with Gasteiger partial charge in [0.1, 0.15) is 4.99 Å². The van der Waals surface area contributed by atoms with E-state index in [9.17, 15) is 0 Å². The summed E-state index contributed by atoms with van der Waals surface area (Å²) in [7, 11) is 1.89. The normalized spacial score (nSPS) is 10.5. The molecular formula is C9H11N5S. The molecule has 0 saturated heterocycles. The van der Waals surface area contributed by atoms with Crippen LogP contribution >= 0.6 is 12.2 Å². The summed E-state index contributed by atoms with van der Waals surface area (Å²) in [6.07, 6.45) is 3.40. The summed E-state index contributed by atoms with van der Waals surface area (Å²) in [5, 5.41) is 8.42. The number of aryl methyl sites for hydroxylation is 2. The van der Waals surface area contributed by atoms with Crippen molar-refractivity contribution in [1.82, 2.24) is 19.6 Å². The predicted molar refractivity (Wildman–Crippen MR) is 61.0 cm³/mol. The van der Waals surface area contributed by atoms with E-state index < -0.39 is 0 Å². The molecule has 0 aliphatic heterocycles. The summed E-state index contributed by atoms with van der Waals surface area (Å²) in [6.45, 7) is 1.98. The Balaban J connectivity index is 2.41. The third-order valence-electron chi connectivity index (χ3n) is 2.20. The van der Waals surface area contributed by atoms with Crippen LogP contribution in [0.25, 0.3) is 5.82 Å². The number of aromatic nitrogens is 4. The van der Waals surface area contributed by atoms with E-state index in [4.69, 9.17) is 18.0 Å². The maximum atomic E-state index is 5.49. The first kappa shape index (κ1) is 9.85. The molecule has 2 aromatic heterocycles. The fourth-order valence-corrected chi connectivity index (χ4v) is 1.33. The summed E-state index contributed by atoms with van der Waals surface area (Å²) >= 11 is 4.86.